The fourth-order valence-corrected chi connectivity index (χ4v) is 2.33. The summed E-state index contributed by atoms with van der Waals surface area (Å²) in [5, 5.41) is 16.3. The number of pyridine rings is 1. The fourth-order valence-electron chi connectivity index (χ4n) is 1.55. The highest BCUT2D eigenvalue weighted by Crippen LogP contribution is 2.09. The van der Waals surface area contributed by atoms with Gasteiger partial charge in [-0.2, -0.15) is 0 Å². The smallest absolute Gasteiger partial charge is 0.355 e. The molecule has 0 saturated heterocycles. The number of thiazole rings is 1. The molecule has 0 unspecified atom stereocenters. The number of carboxylic acids is 1. The van der Waals surface area contributed by atoms with Crippen LogP contribution < -0.4 is 10.6 Å². The number of nitrogens with zero attached hydrogens (tertiary/aromatic N) is 2. The van der Waals surface area contributed by atoms with Crippen molar-refractivity contribution >= 4 is 23.3 Å². The van der Waals surface area contributed by atoms with Crippen LogP contribution in [0.4, 0.5) is 4.79 Å². The molecule has 110 valence electrons. The number of rotatable bonds is 6. The van der Waals surface area contributed by atoms with Crippen molar-refractivity contribution in [3.8, 4) is 0 Å². The molecule has 0 aliphatic carbocycles. The summed E-state index contributed by atoms with van der Waals surface area (Å²) < 4.78 is 0. The molecule has 0 bridgehead atoms. The summed E-state index contributed by atoms with van der Waals surface area (Å²) in [5.41, 5.74) is 0.953. The molecular formula is C13H14N4O3S. The Hall–Kier alpha value is -2.48. The van der Waals surface area contributed by atoms with Gasteiger partial charge in [-0.25, -0.2) is 14.6 Å². The number of hydrogen-bond acceptors (Lipinski definition) is 5. The first kappa shape index (κ1) is 14.9. The third kappa shape index (κ3) is 4.84. The van der Waals surface area contributed by atoms with E-state index in [9.17, 15) is 9.59 Å². The fraction of sp³-hybridized carbons (Fsp3) is 0.231. The van der Waals surface area contributed by atoms with Gasteiger partial charge in [0.15, 0.2) is 5.69 Å². The van der Waals surface area contributed by atoms with Crippen molar-refractivity contribution in [3.05, 3.63) is 46.2 Å². The highest BCUT2D eigenvalue weighted by atomic mass is 32.1. The van der Waals surface area contributed by atoms with E-state index in [2.05, 4.69) is 20.6 Å². The first-order chi connectivity index (χ1) is 10.1. The number of aromatic nitrogens is 2. The number of carbonyl (C=O) groups excluding carboxylic acids is 1. The molecule has 3 N–H and O–H groups in total. The predicted octanol–water partition coefficient (Wildman–Crippen LogP) is 1.28. The summed E-state index contributed by atoms with van der Waals surface area (Å²) in [6, 6.07) is 3.39. The zero-order valence-electron chi connectivity index (χ0n) is 11.1. The molecule has 21 heavy (non-hydrogen) atoms. The van der Waals surface area contributed by atoms with Crippen LogP contribution in [0.2, 0.25) is 0 Å². The lowest BCUT2D eigenvalue weighted by Gasteiger charge is -2.06. The minimum Gasteiger partial charge on any atom is -0.476 e. The molecular weight excluding hydrogens is 292 g/mol. The number of carbonyl (C=O) groups is 2. The first-order valence-electron chi connectivity index (χ1n) is 6.23. The molecule has 0 spiro atoms. The summed E-state index contributed by atoms with van der Waals surface area (Å²) in [7, 11) is 0. The second-order valence-electron chi connectivity index (χ2n) is 4.15. The number of hydrogen-bond donors (Lipinski definition) is 3. The summed E-state index contributed by atoms with van der Waals surface area (Å²) in [4.78, 5) is 30.1. The highest BCUT2D eigenvalue weighted by molar-refractivity contribution is 7.09. The van der Waals surface area contributed by atoms with Gasteiger partial charge in [0.1, 0.15) is 0 Å². The van der Waals surface area contributed by atoms with Gasteiger partial charge in [0.05, 0.1) is 5.01 Å². The zero-order chi connectivity index (χ0) is 15.1. The lowest BCUT2D eigenvalue weighted by Crippen LogP contribution is -2.36. The van der Waals surface area contributed by atoms with E-state index in [1.165, 1.54) is 16.7 Å². The maximum absolute atomic E-state index is 11.6. The zero-order valence-corrected chi connectivity index (χ0v) is 11.9. The van der Waals surface area contributed by atoms with Crippen molar-refractivity contribution in [1.82, 2.24) is 20.6 Å². The molecule has 7 nitrogen and oxygen atoms in total. The molecule has 0 atom stereocenters. The predicted molar refractivity (Wildman–Crippen MR) is 77.3 cm³/mol. The molecule has 0 aliphatic heterocycles. The summed E-state index contributed by atoms with van der Waals surface area (Å²) in [5.74, 6) is -1.04. The van der Waals surface area contributed by atoms with E-state index in [0.717, 1.165) is 5.56 Å². The number of amides is 2. The van der Waals surface area contributed by atoms with Gasteiger partial charge in [-0.3, -0.25) is 4.98 Å². The quantitative estimate of drug-likeness (QED) is 0.745. The lowest BCUT2D eigenvalue weighted by molar-refractivity contribution is 0.0691. The second-order valence-corrected chi connectivity index (χ2v) is 5.10. The monoisotopic (exact) mass is 306 g/mol. The molecule has 0 aromatic carbocycles. The molecule has 2 amide bonds. The minimum atomic E-state index is -1.04. The van der Waals surface area contributed by atoms with Crippen LogP contribution >= 0.6 is 11.3 Å². The van der Waals surface area contributed by atoms with Gasteiger partial charge in [0, 0.05) is 37.3 Å². The van der Waals surface area contributed by atoms with Gasteiger partial charge in [-0.15, -0.1) is 11.3 Å². The van der Waals surface area contributed by atoms with Crippen molar-refractivity contribution in [2.24, 2.45) is 0 Å². The van der Waals surface area contributed by atoms with Gasteiger partial charge < -0.3 is 15.7 Å². The minimum absolute atomic E-state index is 0.0380. The molecule has 8 heteroatoms. The topological polar surface area (TPSA) is 104 Å². The molecule has 2 rings (SSSR count). The van der Waals surface area contributed by atoms with Gasteiger partial charge in [-0.1, -0.05) is 6.07 Å². The molecule has 0 saturated carbocycles. The van der Waals surface area contributed by atoms with Crippen LogP contribution in [0.5, 0.6) is 0 Å². The number of aromatic carboxylic acids is 1. The van der Waals surface area contributed by atoms with Crippen LogP contribution in [0.15, 0.2) is 29.9 Å². The first-order valence-corrected chi connectivity index (χ1v) is 7.11. The van der Waals surface area contributed by atoms with Gasteiger partial charge in [0.25, 0.3) is 0 Å². The van der Waals surface area contributed by atoms with E-state index in [0.29, 0.717) is 24.5 Å². The third-order valence-electron chi connectivity index (χ3n) is 2.57. The van der Waals surface area contributed by atoms with Crippen LogP contribution in [0.25, 0.3) is 0 Å². The molecule has 2 heterocycles. The van der Waals surface area contributed by atoms with Gasteiger partial charge >= 0.3 is 12.0 Å². The molecule has 0 aliphatic rings. The second kappa shape index (κ2) is 7.34. The molecule has 0 radical (unpaired) electrons. The molecule has 2 aromatic rings. The van der Waals surface area contributed by atoms with Crippen molar-refractivity contribution in [2.75, 3.05) is 6.54 Å². The Morgan fingerprint density at radius 2 is 2.19 bits per heavy atom. The largest absolute Gasteiger partial charge is 0.476 e. The Kier molecular flexibility index (Phi) is 5.22. The average molecular weight is 306 g/mol. The van der Waals surface area contributed by atoms with Crippen molar-refractivity contribution < 1.29 is 14.7 Å². The Bertz CT molecular complexity index is 615. The third-order valence-corrected chi connectivity index (χ3v) is 3.48. The molecule has 0 fully saturated rings. The van der Waals surface area contributed by atoms with Crippen LogP contribution in [0.3, 0.4) is 0 Å². The highest BCUT2D eigenvalue weighted by Gasteiger charge is 2.08. The van der Waals surface area contributed by atoms with Crippen molar-refractivity contribution in [3.63, 3.8) is 0 Å². The average Bonchev–Trinajstić information content (AvgIpc) is 2.95. The SMILES string of the molecule is O=C(NCCc1nc(C(=O)O)cs1)NCc1cccnc1. The van der Waals surface area contributed by atoms with Crippen LogP contribution in [-0.2, 0) is 13.0 Å². The number of nitrogens with one attached hydrogen (secondary N) is 2. The Morgan fingerprint density at radius 3 is 2.86 bits per heavy atom. The van der Waals surface area contributed by atoms with Crippen molar-refractivity contribution in [2.45, 2.75) is 13.0 Å². The van der Waals surface area contributed by atoms with Crippen LogP contribution in [0, 0.1) is 0 Å². The number of urea groups is 1. The van der Waals surface area contributed by atoms with E-state index in [1.807, 2.05) is 6.07 Å². The van der Waals surface area contributed by atoms with E-state index in [-0.39, 0.29) is 11.7 Å². The Morgan fingerprint density at radius 1 is 1.33 bits per heavy atom. The summed E-state index contributed by atoms with van der Waals surface area (Å²) >= 11 is 1.27. The van der Waals surface area contributed by atoms with Crippen molar-refractivity contribution in [1.29, 1.82) is 0 Å². The maximum Gasteiger partial charge on any atom is 0.355 e. The van der Waals surface area contributed by atoms with E-state index in [1.54, 1.807) is 18.5 Å². The van der Waals surface area contributed by atoms with E-state index >= 15 is 0 Å². The summed E-state index contributed by atoms with van der Waals surface area (Å²) in [6.07, 6.45) is 3.85. The van der Waals surface area contributed by atoms with Gasteiger partial charge in [0.2, 0.25) is 0 Å². The van der Waals surface area contributed by atoms with E-state index in [4.69, 9.17) is 5.11 Å². The Labute approximate surface area is 125 Å². The van der Waals surface area contributed by atoms with E-state index < -0.39 is 5.97 Å². The Balaban J connectivity index is 1.68. The van der Waals surface area contributed by atoms with Crippen LogP contribution in [0.1, 0.15) is 21.1 Å². The lowest BCUT2D eigenvalue weighted by atomic mass is 10.3. The normalized spacial score (nSPS) is 10.1. The summed E-state index contributed by atoms with van der Waals surface area (Å²) in [6.45, 7) is 0.797. The maximum atomic E-state index is 11.6. The number of carboxylic acid groups (broad SMARTS) is 1. The molecule has 2 aromatic heterocycles. The van der Waals surface area contributed by atoms with Gasteiger partial charge in [-0.05, 0) is 11.6 Å². The van der Waals surface area contributed by atoms with Crippen LogP contribution in [-0.4, -0.2) is 33.6 Å². The standard InChI is InChI=1S/C13H14N4O3S/c18-12(19)10-8-21-11(17-10)3-5-15-13(20)16-7-9-2-1-4-14-6-9/h1-2,4,6,8H,3,5,7H2,(H,18,19)(H2,15,16,20).